The van der Waals surface area contributed by atoms with E-state index in [1.54, 1.807) is 24.3 Å². The number of aliphatic hydroxyl groups is 2. The number of nitrogens with zero attached hydrogens (tertiary/aromatic N) is 2. The van der Waals surface area contributed by atoms with Gasteiger partial charge in [0.1, 0.15) is 50.3 Å². The number of hydrogen-bond acceptors (Lipinski definition) is 12. The van der Waals surface area contributed by atoms with Crippen molar-refractivity contribution >= 4 is 51.7 Å². The average molecular weight is 751 g/mol. The molecule has 1 heterocycles. The summed E-state index contributed by atoms with van der Waals surface area (Å²) in [5.41, 5.74) is -0.252. The summed E-state index contributed by atoms with van der Waals surface area (Å²) in [6.07, 6.45) is -1.23. The number of fused-ring (bicyclic) bond motifs is 2. The topological polar surface area (TPSA) is 209 Å². The number of benzene rings is 2. The Kier molecular flexibility index (Phi) is 14.7. The van der Waals surface area contributed by atoms with Gasteiger partial charge in [-0.15, -0.1) is 11.3 Å². The van der Waals surface area contributed by atoms with Crippen LogP contribution >= 0.6 is 11.3 Å². The van der Waals surface area contributed by atoms with Crippen LogP contribution in [-0.2, 0) is 20.2 Å². The van der Waals surface area contributed by atoms with Gasteiger partial charge in [-0.3, -0.25) is 24.5 Å². The summed E-state index contributed by atoms with van der Waals surface area (Å²) in [4.78, 5) is 13.7. The highest BCUT2D eigenvalue weighted by atomic mass is 32.2. The first-order valence-corrected chi connectivity index (χ1v) is 19.8. The highest BCUT2D eigenvalue weighted by Gasteiger charge is 2.21. The molecule has 0 amide bonds. The highest BCUT2D eigenvalue weighted by Crippen LogP contribution is 2.37. The largest absolute Gasteiger partial charge is 0.490 e. The molecule has 18 heteroatoms. The summed E-state index contributed by atoms with van der Waals surface area (Å²) >= 11 is 1.35. The molecule has 2 unspecified atom stereocenters. The third-order valence-electron chi connectivity index (χ3n) is 7.69. The fraction of sp³-hybridized carbons (Fsp3) is 0.581. The van der Waals surface area contributed by atoms with Crippen molar-refractivity contribution in [2.24, 2.45) is 0 Å². The van der Waals surface area contributed by atoms with Crippen LogP contribution in [0.5, 0.6) is 11.5 Å². The summed E-state index contributed by atoms with van der Waals surface area (Å²) in [7, 11) is -0.442. The molecular formula is C31H50N4O11S3+2. The monoisotopic (exact) mass is 750 g/mol. The summed E-state index contributed by atoms with van der Waals surface area (Å²) < 4.78 is 76.0. The zero-order valence-corrected chi connectivity index (χ0v) is 30.8. The minimum absolute atomic E-state index is 0.0682. The Morgan fingerprint density at radius 2 is 1.22 bits per heavy atom. The summed E-state index contributed by atoms with van der Waals surface area (Å²) in [6.45, 7) is 2.08. The zero-order valence-electron chi connectivity index (χ0n) is 28.4. The van der Waals surface area contributed by atoms with Gasteiger partial charge in [0, 0.05) is 36.0 Å². The standard InChI is InChI=1S/C31H48N4O11S3/c1-34(2,13-7-15-48(39,40)41)21-32-17-23(36)19-45-26-11-12-27(31-29(26)30(38)25-9-5-6-10-28(25)47-31)46-20-24(37)18-33-22-35(3,4)14-8-16-49(42,43)44/h5-6,9-12,23-24,32-33,36-37H,7-8,13-22H2,1-4H3/p+2. The van der Waals surface area contributed by atoms with Crippen LogP contribution in [0, 0.1) is 0 Å². The van der Waals surface area contributed by atoms with Gasteiger partial charge in [-0.1, -0.05) is 12.1 Å². The SMILES string of the molecule is C[N+](C)(CCCS(=O)(=O)O)CNCC(O)COc1ccc(OCC(O)CNC[N+](C)(C)CCCS(=O)(=O)O)c2c(=O)c3ccccc3sc12. The average Bonchev–Trinajstić information content (AvgIpc) is 2.97. The maximum Gasteiger partial charge on any atom is 0.265 e. The molecule has 0 aliphatic heterocycles. The second-order valence-electron chi connectivity index (χ2n) is 13.4. The molecule has 2 atom stereocenters. The molecule has 0 bridgehead atoms. The molecule has 3 aromatic rings. The number of rotatable bonds is 22. The highest BCUT2D eigenvalue weighted by molar-refractivity contribution is 7.86. The van der Waals surface area contributed by atoms with Crippen molar-refractivity contribution in [3.05, 3.63) is 46.6 Å². The molecule has 0 aliphatic rings. The van der Waals surface area contributed by atoms with Gasteiger partial charge in [0.25, 0.3) is 20.2 Å². The van der Waals surface area contributed by atoms with Crippen molar-refractivity contribution in [2.45, 2.75) is 25.0 Å². The van der Waals surface area contributed by atoms with E-state index in [2.05, 4.69) is 10.6 Å². The fourth-order valence-electron chi connectivity index (χ4n) is 5.15. The molecule has 0 aliphatic carbocycles. The second kappa shape index (κ2) is 17.6. The second-order valence-corrected chi connectivity index (χ2v) is 17.6. The number of quaternary nitrogens is 2. The predicted molar refractivity (Wildman–Crippen MR) is 190 cm³/mol. The van der Waals surface area contributed by atoms with E-state index < -0.39 is 32.4 Å². The van der Waals surface area contributed by atoms with Crippen LogP contribution < -0.4 is 25.5 Å². The van der Waals surface area contributed by atoms with Crippen molar-refractivity contribution in [2.75, 3.05) is 92.4 Å². The van der Waals surface area contributed by atoms with Gasteiger partial charge in [0.2, 0.25) is 0 Å². The minimum atomic E-state index is -4.02. The van der Waals surface area contributed by atoms with E-state index >= 15 is 0 Å². The van der Waals surface area contributed by atoms with E-state index in [0.29, 0.717) is 63.0 Å². The lowest BCUT2D eigenvalue weighted by Gasteiger charge is -2.30. The Morgan fingerprint density at radius 3 is 1.73 bits per heavy atom. The molecule has 2 aromatic carbocycles. The van der Waals surface area contributed by atoms with Crippen molar-refractivity contribution < 1.29 is 54.6 Å². The molecule has 49 heavy (non-hydrogen) atoms. The van der Waals surface area contributed by atoms with Crippen LogP contribution in [0.15, 0.2) is 41.2 Å². The summed E-state index contributed by atoms with van der Waals surface area (Å²) in [5.74, 6) is 0.0476. The van der Waals surface area contributed by atoms with Crippen molar-refractivity contribution in [1.82, 2.24) is 10.6 Å². The quantitative estimate of drug-likeness (QED) is 0.0362. The Labute approximate surface area is 291 Å². The molecule has 15 nitrogen and oxygen atoms in total. The lowest BCUT2D eigenvalue weighted by atomic mass is 10.1. The van der Waals surface area contributed by atoms with E-state index in [0.717, 1.165) is 4.70 Å². The zero-order chi connectivity index (χ0) is 36.5. The van der Waals surface area contributed by atoms with Gasteiger partial charge in [-0.25, -0.2) is 0 Å². The number of hydrogen-bond donors (Lipinski definition) is 6. The van der Waals surface area contributed by atoms with Crippen LogP contribution in [0.25, 0.3) is 20.2 Å². The summed E-state index contributed by atoms with van der Waals surface area (Å²) in [6, 6.07) is 10.4. The number of ether oxygens (including phenoxy) is 2. The lowest BCUT2D eigenvalue weighted by Crippen LogP contribution is -2.49. The van der Waals surface area contributed by atoms with Crippen molar-refractivity contribution in [3.63, 3.8) is 0 Å². The van der Waals surface area contributed by atoms with E-state index in [1.807, 2.05) is 40.3 Å². The van der Waals surface area contributed by atoms with Crippen LogP contribution in [0.3, 0.4) is 0 Å². The molecule has 0 radical (unpaired) electrons. The van der Waals surface area contributed by atoms with Gasteiger partial charge in [0.15, 0.2) is 5.43 Å². The normalized spacial score (nSPS) is 14.3. The Hall–Kier alpha value is -2.49. The minimum Gasteiger partial charge on any atom is -0.490 e. The molecule has 0 fully saturated rings. The fourth-order valence-corrected chi connectivity index (χ4v) is 7.30. The first-order valence-electron chi connectivity index (χ1n) is 15.8. The maximum absolute atomic E-state index is 13.7. The first-order chi connectivity index (χ1) is 22.8. The third kappa shape index (κ3) is 14.3. The number of nitrogens with one attached hydrogen (secondary N) is 2. The van der Waals surface area contributed by atoms with E-state index in [1.165, 1.54) is 11.3 Å². The van der Waals surface area contributed by atoms with Crippen molar-refractivity contribution in [1.29, 1.82) is 0 Å². The van der Waals surface area contributed by atoms with Crippen LogP contribution in [0.2, 0.25) is 0 Å². The van der Waals surface area contributed by atoms with Gasteiger partial charge in [-0.05, 0) is 24.3 Å². The molecular weight excluding hydrogens is 701 g/mol. The molecule has 0 spiro atoms. The molecule has 0 saturated heterocycles. The third-order valence-corrected chi connectivity index (χ3v) is 10.5. The Morgan fingerprint density at radius 1 is 0.755 bits per heavy atom. The van der Waals surface area contributed by atoms with Gasteiger partial charge in [-0.2, -0.15) is 16.8 Å². The Bertz CT molecular complexity index is 1820. The van der Waals surface area contributed by atoms with E-state index in [9.17, 15) is 31.8 Å². The van der Waals surface area contributed by atoms with Crippen LogP contribution in [0.4, 0.5) is 0 Å². The van der Waals surface area contributed by atoms with Gasteiger partial charge in [0.05, 0.1) is 62.9 Å². The molecule has 6 N–H and O–H groups in total. The number of aliphatic hydroxyl groups excluding tert-OH is 2. The lowest BCUT2D eigenvalue weighted by molar-refractivity contribution is -0.893. The molecule has 0 saturated carbocycles. The van der Waals surface area contributed by atoms with Crippen molar-refractivity contribution in [3.8, 4) is 11.5 Å². The van der Waals surface area contributed by atoms with Gasteiger partial charge < -0.3 is 28.7 Å². The predicted octanol–water partition coefficient (Wildman–Crippen LogP) is 0.697. The van der Waals surface area contributed by atoms with Crippen LogP contribution in [-0.4, -0.2) is 150 Å². The first kappa shape index (κ1) is 40.9. The molecule has 3 rings (SSSR count). The molecule has 1 aromatic heterocycles. The van der Waals surface area contributed by atoms with Gasteiger partial charge >= 0.3 is 0 Å². The molecule has 276 valence electrons. The Balaban J connectivity index is 1.63. The maximum atomic E-state index is 13.7. The van der Waals surface area contributed by atoms with E-state index in [4.69, 9.17) is 18.6 Å². The smallest absolute Gasteiger partial charge is 0.265 e. The summed E-state index contributed by atoms with van der Waals surface area (Å²) in [5, 5.41) is 28.4. The van der Waals surface area contributed by atoms with E-state index in [-0.39, 0.29) is 55.4 Å². The van der Waals surface area contributed by atoms with Crippen LogP contribution in [0.1, 0.15) is 12.8 Å².